The molecule has 1 amide bonds. The van der Waals surface area contributed by atoms with Gasteiger partial charge in [0.25, 0.3) is 5.91 Å². The first-order chi connectivity index (χ1) is 15.5. The zero-order valence-electron chi connectivity index (χ0n) is 18.5. The highest BCUT2D eigenvalue weighted by Crippen LogP contribution is 2.30. The predicted octanol–water partition coefficient (Wildman–Crippen LogP) is 3.59. The minimum atomic E-state index is -3.73. The van der Waals surface area contributed by atoms with Crippen LogP contribution in [0.1, 0.15) is 42.5 Å². The quantitative estimate of drug-likeness (QED) is 0.717. The molecule has 0 bridgehead atoms. The molecule has 1 unspecified atom stereocenters. The number of para-hydroxylation sites is 1. The van der Waals surface area contributed by atoms with Crippen LogP contribution in [0.25, 0.3) is 0 Å². The van der Waals surface area contributed by atoms with Gasteiger partial charge in [-0.25, -0.2) is 8.42 Å². The number of nitrogens with zero attached hydrogens (tertiary/aromatic N) is 2. The second-order valence-corrected chi connectivity index (χ2v) is 10.3. The van der Waals surface area contributed by atoms with Gasteiger partial charge in [-0.05, 0) is 49.6 Å². The van der Waals surface area contributed by atoms with Gasteiger partial charge in [-0.1, -0.05) is 31.0 Å². The van der Waals surface area contributed by atoms with Gasteiger partial charge < -0.3 is 15.0 Å². The highest BCUT2D eigenvalue weighted by Gasteiger charge is 2.31. The van der Waals surface area contributed by atoms with Gasteiger partial charge in [-0.3, -0.25) is 4.79 Å². The zero-order valence-corrected chi connectivity index (χ0v) is 19.3. The molecule has 2 fully saturated rings. The Morgan fingerprint density at radius 3 is 2.41 bits per heavy atom. The summed E-state index contributed by atoms with van der Waals surface area (Å²) in [6.07, 6.45) is 4.62. The van der Waals surface area contributed by atoms with Crippen molar-refractivity contribution in [1.82, 2.24) is 9.21 Å². The summed E-state index contributed by atoms with van der Waals surface area (Å²) in [5, 5.41) is 3.46. The molecular weight excluding hydrogens is 426 g/mol. The van der Waals surface area contributed by atoms with E-state index in [1.165, 1.54) is 17.5 Å². The van der Waals surface area contributed by atoms with Crippen LogP contribution in [0.5, 0.6) is 5.75 Å². The summed E-state index contributed by atoms with van der Waals surface area (Å²) in [7, 11) is -2.28. The number of benzene rings is 2. The summed E-state index contributed by atoms with van der Waals surface area (Å²) in [5.41, 5.74) is 1.40. The van der Waals surface area contributed by atoms with Crippen molar-refractivity contribution in [3.63, 3.8) is 0 Å². The third-order valence-electron chi connectivity index (χ3n) is 6.21. The third-order valence-corrected chi connectivity index (χ3v) is 8.13. The maximum absolute atomic E-state index is 13.4. The number of hydrogen-bond acceptors (Lipinski definition) is 5. The number of sulfonamides is 1. The molecule has 0 aromatic heterocycles. The van der Waals surface area contributed by atoms with E-state index >= 15 is 0 Å². The van der Waals surface area contributed by atoms with Crippen LogP contribution < -0.4 is 10.1 Å². The maximum Gasteiger partial charge on any atom is 0.253 e. The van der Waals surface area contributed by atoms with Gasteiger partial charge in [-0.15, -0.1) is 0 Å². The van der Waals surface area contributed by atoms with Crippen LogP contribution in [0.3, 0.4) is 0 Å². The fourth-order valence-corrected chi connectivity index (χ4v) is 6.15. The Morgan fingerprint density at radius 1 is 1.00 bits per heavy atom. The molecule has 2 saturated heterocycles. The molecule has 8 heteroatoms. The maximum atomic E-state index is 13.4. The predicted molar refractivity (Wildman–Crippen MR) is 125 cm³/mol. The number of likely N-dealkylation sites (tertiary alicyclic amines) is 1. The summed E-state index contributed by atoms with van der Waals surface area (Å²) in [6, 6.07) is 14.8. The SMILES string of the molecule is COc1ccc(C(=O)N2CCC(Nc3ccccc3)C2)cc1S(=O)(=O)N1CCCCCC1. The first-order valence-corrected chi connectivity index (χ1v) is 12.7. The Kier molecular flexibility index (Phi) is 7.01. The summed E-state index contributed by atoms with van der Waals surface area (Å²) >= 11 is 0. The normalized spacial score (nSPS) is 20.0. The van der Waals surface area contributed by atoms with Crippen molar-refractivity contribution in [1.29, 1.82) is 0 Å². The largest absolute Gasteiger partial charge is 0.495 e. The number of methoxy groups -OCH3 is 1. The number of anilines is 1. The molecule has 1 N–H and O–H groups in total. The molecule has 2 aliphatic rings. The molecule has 2 heterocycles. The van der Waals surface area contributed by atoms with Crippen LogP contribution in [0.15, 0.2) is 53.4 Å². The molecule has 172 valence electrons. The Labute approximate surface area is 190 Å². The summed E-state index contributed by atoms with van der Waals surface area (Å²) < 4.78 is 33.7. The van der Waals surface area contributed by atoms with E-state index in [0.29, 0.717) is 31.7 Å². The molecule has 4 rings (SSSR count). The number of carbonyl (C=O) groups excluding carboxylic acids is 1. The second kappa shape index (κ2) is 9.92. The third kappa shape index (κ3) is 4.91. The van der Waals surface area contributed by atoms with Crippen LogP contribution in [0.2, 0.25) is 0 Å². The van der Waals surface area contributed by atoms with Crippen LogP contribution >= 0.6 is 0 Å². The minimum absolute atomic E-state index is 0.0749. The first kappa shape index (κ1) is 22.6. The minimum Gasteiger partial charge on any atom is -0.495 e. The Hall–Kier alpha value is -2.58. The van der Waals surface area contributed by atoms with E-state index in [9.17, 15) is 13.2 Å². The molecule has 2 aliphatic heterocycles. The Bertz CT molecular complexity index is 1030. The Balaban J connectivity index is 1.52. The number of hydrogen-bond donors (Lipinski definition) is 1. The standard InChI is InChI=1S/C24H31N3O4S/c1-31-22-12-11-19(17-23(22)32(29,30)27-14-7-2-3-8-15-27)24(28)26-16-13-21(18-26)25-20-9-5-4-6-10-20/h4-6,9-12,17,21,25H,2-3,7-8,13-16,18H2,1H3. The number of nitrogens with one attached hydrogen (secondary N) is 1. The van der Waals surface area contributed by atoms with Crippen LogP contribution in [0.4, 0.5) is 5.69 Å². The van der Waals surface area contributed by atoms with Gasteiger partial charge in [0.2, 0.25) is 10.0 Å². The van der Waals surface area contributed by atoms with Crippen molar-refractivity contribution < 1.29 is 17.9 Å². The molecule has 7 nitrogen and oxygen atoms in total. The molecule has 32 heavy (non-hydrogen) atoms. The number of carbonyl (C=O) groups is 1. The lowest BCUT2D eigenvalue weighted by Gasteiger charge is -2.22. The molecule has 0 spiro atoms. The van der Waals surface area contributed by atoms with Crippen molar-refractivity contribution in [2.75, 3.05) is 38.6 Å². The van der Waals surface area contributed by atoms with Gasteiger partial charge in [0, 0.05) is 43.5 Å². The molecule has 0 aliphatic carbocycles. The van der Waals surface area contributed by atoms with Crippen molar-refractivity contribution in [2.45, 2.75) is 43.0 Å². The van der Waals surface area contributed by atoms with Crippen molar-refractivity contribution in [3.8, 4) is 5.75 Å². The average molecular weight is 458 g/mol. The molecular formula is C24H31N3O4S. The van der Waals surface area contributed by atoms with Crippen molar-refractivity contribution in [2.24, 2.45) is 0 Å². The highest BCUT2D eigenvalue weighted by atomic mass is 32.2. The fourth-order valence-electron chi connectivity index (χ4n) is 4.45. The topological polar surface area (TPSA) is 79.0 Å². The lowest BCUT2D eigenvalue weighted by atomic mass is 10.2. The Morgan fingerprint density at radius 2 is 1.72 bits per heavy atom. The van der Waals surface area contributed by atoms with Crippen LogP contribution in [-0.4, -0.2) is 62.9 Å². The van der Waals surface area contributed by atoms with Gasteiger partial charge in [0.1, 0.15) is 10.6 Å². The lowest BCUT2D eigenvalue weighted by Crippen LogP contribution is -2.33. The van der Waals surface area contributed by atoms with Crippen LogP contribution in [0, 0.1) is 0 Å². The van der Waals surface area contributed by atoms with Crippen molar-refractivity contribution in [3.05, 3.63) is 54.1 Å². The second-order valence-electron chi connectivity index (χ2n) is 8.43. The van der Waals surface area contributed by atoms with E-state index in [1.54, 1.807) is 17.0 Å². The lowest BCUT2D eigenvalue weighted by molar-refractivity contribution is 0.0791. The van der Waals surface area contributed by atoms with E-state index in [2.05, 4.69) is 5.32 Å². The number of rotatable bonds is 6. The number of amides is 1. The molecule has 1 atom stereocenters. The zero-order chi connectivity index (χ0) is 22.6. The average Bonchev–Trinajstić information content (AvgIpc) is 3.09. The molecule has 0 saturated carbocycles. The number of ether oxygens (including phenoxy) is 1. The molecule has 0 radical (unpaired) electrons. The monoisotopic (exact) mass is 457 g/mol. The summed E-state index contributed by atoms with van der Waals surface area (Å²) in [6.45, 7) is 2.21. The summed E-state index contributed by atoms with van der Waals surface area (Å²) in [4.78, 5) is 15.1. The molecule has 2 aromatic carbocycles. The highest BCUT2D eigenvalue weighted by molar-refractivity contribution is 7.89. The van der Waals surface area contributed by atoms with E-state index < -0.39 is 10.0 Å². The van der Waals surface area contributed by atoms with Crippen molar-refractivity contribution >= 4 is 21.6 Å². The van der Waals surface area contributed by atoms with Gasteiger partial charge in [-0.2, -0.15) is 4.31 Å². The van der Waals surface area contributed by atoms with Gasteiger partial charge >= 0.3 is 0 Å². The van der Waals surface area contributed by atoms with E-state index in [-0.39, 0.29) is 22.6 Å². The van der Waals surface area contributed by atoms with Gasteiger partial charge in [0.15, 0.2) is 0 Å². The van der Waals surface area contributed by atoms with E-state index in [0.717, 1.165) is 37.8 Å². The van der Waals surface area contributed by atoms with Gasteiger partial charge in [0.05, 0.1) is 7.11 Å². The fraction of sp³-hybridized carbons (Fsp3) is 0.458. The van der Waals surface area contributed by atoms with Crippen LogP contribution in [-0.2, 0) is 10.0 Å². The van der Waals surface area contributed by atoms with E-state index in [4.69, 9.17) is 4.74 Å². The first-order valence-electron chi connectivity index (χ1n) is 11.3. The van der Waals surface area contributed by atoms with E-state index in [1.807, 2.05) is 30.3 Å². The molecule has 2 aromatic rings. The smallest absolute Gasteiger partial charge is 0.253 e. The summed E-state index contributed by atoms with van der Waals surface area (Å²) in [5.74, 6) is 0.119.